The van der Waals surface area contributed by atoms with E-state index < -0.39 is 0 Å². The number of rotatable bonds is 5. The first-order valence-corrected chi connectivity index (χ1v) is 9.21. The van der Waals surface area contributed by atoms with Gasteiger partial charge in [-0.2, -0.15) is 0 Å². The van der Waals surface area contributed by atoms with Crippen LogP contribution in [0.3, 0.4) is 0 Å². The van der Waals surface area contributed by atoms with E-state index in [0.29, 0.717) is 35.0 Å². The monoisotopic (exact) mass is 388 g/mol. The quantitative estimate of drug-likeness (QED) is 0.720. The zero-order valence-electron chi connectivity index (χ0n) is 15.9. The minimum absolute atomic E-state index is 0.0380. The van der Waals surface area contributed by atoms with Gasteiger partial charge >= 0.3 is 0 Å². The van der Waals surface area contributed by atoms with E-state index in [0.717, 1.165) is 5.56 Å². The van der Waals surface area contributed by atoms with Gasteiger partial charge in [-0.25, -0.2) is 0 Å². The van der Waals surface area contributed by atoms with Crippen LogP contribution in [-0.4, -0.2) is 25.5 Å². The number of fused-ring (bicyclic) bond motifs is 1. The van der Waals surface area contributed by atoms with Gasteiger partial charge in [0.1, 0.15) is 11.5 Å². The summed E-state index contributed by atoms with van der Waals surface area (Å²) in [5.74, 6) is 0.666. The summed E-state index contributed by atoms with van der Waals surface area (Å²) in [5.41, 5.74) is 2.73. The van der Waals surface area contributed by atoms with Crippen molar-refractivity contribution in [3.63, 3.8) is 0 Å². The number of methoxy groups -OCH3 is 1. The van der Waals surface area contributed by atoms with Gasteiger partial charge in [-0.05, 0) is 29.8 Å². The Morgan fingerprint density at radius 1 is 1.07 bits per heavy atom. The van der Waals surface area contributed by atoms with Crippen molar-refractivity contribution >= 4 is 23.2 Å². The second-order valence-corrected chi connectivity index (χ2v) is 6.59. The molecule has 1 aliphatic heterocycles. The van der Waals surface area contributed by atoms with Gasteiger partial charge in [-0.3, -0.25) is 9.59 Å². The molecule has 4 rings (SSSR count). The van der Waals surface area contributed by atoms with Crippen LogP contribution in [0, 0.1) is 0 Å². The number of ether oxygens (including phenoxy) is 2. The number of nitrogens with one attached hydrogen (secondary N) is 1. The van der Waals surface area contributed by atoms with Gasteiger partial charge < -0.3 is 19.7 Å². The van der Waals surface area contributed by atoms with Gasteiger partial charge in [0.15, 0.2) is 6.61 Å². The molecule has 1 aliphatic rings. The third kappa shape index (κ3) is 3.91. The fraction of sp³-hybridized carbons (Fsp3) is 0.130. The first kappa shape index (κ1) is 18.6. The van der Waals surface area contributed by atoms with E-state index in [9.17, 15) is 9.59 Å². The average Bonchev–Trinajstić information content (AvgIpc) is 2.76. The molecule has 0 saturated heterocycles. The molecule has 0 aliphatic carbocycles. The van der Waals surface area contributed by atoms with Crippen LogP contribution >= 0.6 is 0 Å². The maximum absolute atomic E-state index is 12.6. The Morgan fingerprint density at radius 3 is 2.62 bits per heavy atom. The van der Waals surface area contributed by atoms with Gasteiger partial charge in [-0.1, -0.05) is 42.5 Å². The van der Waals surface area contributed by atoms with Crippen LogP contribution in [0.5, 0.6) is 11.5 Å². The lowest BCUT2D eigenvalue weighted by Crippen LogP contribution is -2.38. The summed E-state index contributed by atoms with van der Waals surface area (Å²) in [6.07, 6.45) is 0. The Morgan fingerprint density at radius 2 is 1.83 bits per heavy atom. The number of carbonyl (C=O) groups is 2. The Hall–Kier alpha value is -3.80. The van der Waals surface area contributed by atoms with E-state index in [1.165, 1.54) is 7.11 Å². The molecule has 2 amide bonds. The summed E-state index contributed by atoms with van der Waals surface area (Å²) in [6, 6.07) is 22.1. The average molecular weight is 388 g/mol. The van der Waals surface area contributed by atoms with E-state index in [2.05, 4.69) is 5.32 Å². The topological polar surface area (TPSA) is 67.9 Å². The second kappa shape index (κ2) is 8.06. The first-order chi connectivity index (χ1) is 14.2. The first-order valence-electron chi connectivity index (χ1n) is 9.21. The van der Waals surface area contributed by atoms with E-state index in [1.54, 1.807) is 47.4 Å². The van der Waals surface area contributed by atoms with Crippen LogP contribution in [0.4, 0.5) is 11.4 Å². The molecule has 0 radical (unpaired) electrons. The summed E-state index contributed by atoms with van der Waals surface area (Å²) in [7, 11) is 1.52. The molecule has 1 N–H and O–H groups in total. The predicted molar refractivity (Wildman–Crippen MR) is 111 cm³/mol. The van der Waals surface area contributed by atoms with E-state index >= 15 is 0 Å². The second-order valence-electron chi connectivity index (χ2n) is 6.59. The molecule has 0 unspecified atom stereocenters. The van der Waals surface area contributed by atoms with Crippen molar-refractivity contribution in [2.45, 2.75) is 6.54 Å². The molecule has 6 heteroatoms. The summed E-state index contributed by atoms with van der Waals surface area (Å²) < 4.78 is 10.9. The summed E-state index contributed by atoms with van der Waals surface area (Å²) in [5, 5.41) is 2.86. The Kier molecular flexibility index (Phi) is 5.16. The molecule has 29 heavy (non-hydrogen) atoms. The van der Waals surface area contributed by atoms with Gasteiger partial charge in [-0.15, -0.1) is 0 Å². The zero-order chi connectivity index (χ0) is 20.2. The van der Waals surface area contributed by atoms with Crippen LogP contribution in [0.15, 0.2) is 72.8 Å². The van der Waals surface area contributed by atoms with Gasteiger partial charge in [0.2, 0.25) is 0 Å². The number of nitrogens with zero attached hydrogens (tertiary/aromatic N) is 1. The molecule has 0 saturated carbocycles. The molecule has 0 atom stereocenters. The molecule has 0 fully saturated rings. The highest BCUT2D eigenvalue weighted by molar-refractivity contribution is 6.06. The molecular weight excluding hydrogens is 368 g/mol. The largest absolute Gasteiger partial charge is 0.496 e. The molecule has 0 bridgehead atoms. The fourth-order valence-electron chi connectivity index (χ4n) is 3.25. The lowest BCUT2D eigenvalue weighted by molar-refractivity contribution is -0.121. The molecule has 3 aromatic rings. The van der Waals surface area contributed by atoms with E-state index in [4.69, 9.17) is 9.47 Å². The SMILES string of the molecule is COc1ccccc1C(=O)Nc1ccc2c(c1)OCC(=O)N2Cc1ccccc1. The van der Waals surface area contributed by atoms with Crippen molar-refractivity contribution in [1.82, 2.24) is 0 Å². The molecule has 3 aromatic carbocycles. The standard InChI is InChI=1S/C23H20N2O4/c1-28-20-10-6-5-9-18(20)23(27)24-17-11-12-19-21(13-17)29-15-22(26)25(19)14-16-7-3-2-4-8-16/h2-13H,14-15H2,1H3,(H,24,27). The minimum Gasteiger partial charge on any atom is -0.496 e. The number of carbonyl (C=O) groups excluding carboxylic acids is 2. The molecule has 1 heterocycles. The number of hydrogen-bond acceptors (Lipinski definition) is 4. The van der Waals surface area contributed by atoms with Crippen LogP contribution in [-0.2, 0) is 11.3 Å². The Balaban J connectivity index is 1.57. The van der Waals surface area contributed by atoms with Crippen LogP contribution in [0.1, 0.15) is 15.9 Å². The van der Waals surface area contributed by atoms with Crippen LogP contribution in [0.25, 0.3) is 0 Å². The normalized spacial score (nSPS) is 12.7. The highest BCUT2D eigenvalue weighted by atomic mass is 16.5. The third-order valence-corrected chi connectivity index (χ3v) is 4.70. The van der Waals surface area contributed by atoms with Crippen molar-refractivity contribution in [3.8, 4) is 11.5 Å². The molecule has 146 valence electrons. The van der Waals surface area contributed by atoms with Crippen molar-refractivity contribution in [2.75, 3.05) is 23.9 Å². The number of anilines is 2. The Bertz CT molecular complexity index is 1050. The van der Waals surface area contributed by atoms with Crippen molar-refractivity contribution in [3.05, 3.63) is 83.9 Å². The van der Waals surface area contributed by atoms with Gasteiger partial charge in [0, 0.05) is 11.8 Å². The summed E-state index contributed by atoms with van der Waals surface area (Å²) in [4.78, 5) is 26.7. The summed E-state index contributed by atoms with van der Waals surface area (Å²) in [6.45, 7) is 0.423. The van der Waals surface area contributed by atoms with Crippen LogP contribution in [0.2, 0.25) is 0 Å². The van der Waals surface area contributed by atoms with Crippen LogP contribution < -0.4 is 19.7 Å². The fourth-order valence-corrected chi connectivity index (χ4v) is 3.25. The highest BCUT2D eigenvalue weighted by Gasteiger charge is 2.26. The molecule has 6 nitrogen and oxygen atoms in total. The van der Waals surface area contributed by atoms with Gasteiger partial charge in [0.05, 0.1) is 24.9 Å². The molecule has 0 spiro atoms. The number of benzene rings is 3. The lowest BCUT2D eigenvalue weighted by Gasteiger charge is -2.29. The predicted octanol–water partition coefficient (Wildman–Crippen LogP) is 3.87. The van der Waals surface area contributed by atoms with E-state index in [-0.39, 0.29) is 18.4 Å². The molecule has 0 aromatic heterocycles. The number of amides is 2. The number of para-hydroxylation sites is 1. The summed E-state index contributed by atoms with van der Waals surface area (Å²) >= 11 is 0. The smallest absolute Gasteiger partial charge is 0.265 e. The number of hydrogen-bond donors (Lipinski definition) is 1. The Labute approximate surface area is 168 Å². The van der Waals surface area contributed by atoms with Crippen molar-refractivity contribution in [1.29, 1.82) is 0 Å². The minimum atomic E-state index is -0.282. The molecular formula is C23H20N2O4. The maximum atomic E-state index is 12.6. The van der Waals surface area contributed by atoms with Gasteiger partial charge in [0.25, 0.3) is 11.8 Å². The van der Waals surface area contributed by atoms with Crippen molar-refractivity contribution in [2.24, 2.45) is 0 Å². The highest BCUT2D eigenvalue weighted by Crippen LogP contribution is 2.35. The van der Waals surface area contributed by atoms with Crippen molar-refractivity contribution < 1.29 is 19.1 Å². The van der Waals surface area contributed by atoms with E-state index in [1.807, 2.05) is 30.3 Å². The lowest BCUT2D eigenvalue weighted by atomic mass is 10.1. The maximum Gasteiger partial charge on any atom is 0.265 e. The third-order valence-electron chi connectivity index (χ3n) is 4.70. The zero-order valence-corrected chi connectivity index (χ0v) is 15.9.